The molecule has 29 heavy (non-hydrogen) atoms. The number of β-lactam (4-membered cyclic amide) rings is 1. The van der Waals surface area contributed by atoms with Crippen LogP contribution in [0.3, 0.4) is 0 Å². The Balaban J connectivity index is 1.68. The highest BCUT2D eigenvalue weighted by molar-refractivity contribution is 6.30. The second-order valence-corrected chi connectivity index (χ2v) is 8.20. The highest BCUT2D eigenvalue weighted by Gasteiger charge is 2.53. The van der Waals surface area contributed by atoms with Crippen LogP contribution >= 0.6 is 11.6 Å². The van der Waals surface area contributed by atoms with Gasteiger partial charge in [-0.15, -0.1) is 0 Å². The molecule has 3 amide bonds. The first-order valence-corrected chi connectivity index (χ1v) is 10.2. The molecule has 2 fully saturated rings. The molecule has 3 atom stereocenters. The smallest absolute Gasteiger partial charge is 0.394 e. The molecule has 0 radical (unpaired) electrons. The van der Waals surface area contributed by atoms with Gasteiger partial charge in [-0.25, -0.2) is 4.79 Å². The van der Waals surface area contributed by atoms with E-state index < -0.39 is 48.6 Å². The standard InChI is InChI=1S/C20H24ClF3N2O3/c21-14-8-4-5-12(9-14)10-15-16(11-27)26(18(15)28)19(29)25-17(20(22,23)24)13-6-2-1-3-7-13/h4-5,8-9,13,15-17,27H,1-3,6-7,10-11H2,(H,25,29)/t15-,16?,17?/m1/s1. The Morgan fingerprint density at radius 1 is 1.28 bits per heavy atom. The number of aliphatic hydroxyl groups excluding tert-OH is 1. The van der Waals surface area contributed by atoms with E-state index in [1.165, 1.54) is 0 Å². The van der Waals surface area contributed by atoms with E-state index in [-0.39, 0.29) is 6.42 Å². The largest absolute Gasteiger partial charge is 0.408 e. The Morgan fingerprint density at radius 3 is 2.55 bits per heavy atom. The molecule has 3 rings (SSSR count). The second-order valence-electron chi connectivity index (χ2n) is 7.77. The first-order valence-electron chi connectivity index (χ1n) is 9.78. The van der Waals surface area contributed by atoms with Gasteiger partial charge in [0.05, 0.1) is 18.6 Å². The molecule has 1 aromatic carbocycles. The average molecular weight is 433 g/mol. The van der Waals surface area contributed by atoms with Crippen LogP contribution < -0.4 is 5.32 Å². The van der Waals surface area contributed by atoms with E-state index in [2.05, 4.69) is 0 Å². The number of hydrogen-bond donors (Lipinski definition) is 2. The van der Waals surface area contributed by atoms with Gasteiger partial charge in [-0.3, -0.25) is 9.69 Å². The summed E-state index contributed by atoms with van der Waals surface area (Å²) in [5, 5.41) is 12.2. The third kappa shape index (κ3) is 4.86. The molecule has 0 bridgehead atoms. The predicted molar refractivity (Wildman–Crippen MR) is 101 cm³/mol. The number of halogens is 4. The number of aliphatic hydroxyl groups is 1. The van der Waals surface area contributed by atoms with Gasteiger partial charge in [0.25, 0.3) is 0 Å². The molecule has 1 aliphatic carbocycles. The van der Waals surface area contributed by atoms with Crippen molar-refractivity contribution in [3.8, 4) is 0 Å². The van der Waals surface area contributed by atoms with Crippen molar-refractivity contribution in [1.82, 2.24) is 10.2 Å². The van der Waals surface area contributed by atoms with E-state index in [9.17, 15) is 27.9 Å². The topological polar surface area (TPSA) is 69.6 Å². The summed E-state index contributed by atoms with van der Waals surface area (Å²) in [7, 11) is 0. The summed E-state index contributed by atoms with van der Waals surface area (Å²) in [6.07, 6.45) is -1.30. The van der Waals surface area contributed by atoms with Crippen LogP contribution in [0.1, 0.15) is 37.7 Å². The maximum absolute atomic E-state index is 13.5. The van der Waals surface area contributed by atoms with Crippen LogP contribution in [0.25, 0.3) is 0 Å². The molecule has 1 saturated carbocycles. The second kappa shape index (κ2) is 8.92. The number of amides is 3. The van der Waals surface area contributed by atoms with Crippen molar-refractivity contribution < 1.29 is 27.9 Å². The Hall–Kier alpha value is -1.80. The lowest BCUT2D eigenvalue weighted by Crippen LogP contribution is -2.69. The molecule has 1 aliphatic heterocycles. The van der Waals surface area contributed by atoms with E-state index in [1.54, 1.807) is 24.3 Å². The number of nitrogens with one attached hydrogen (secondary N) is 1. The Bertz CT molecular complexity index is 753. The van der Waals surface area contributed by atoms with Gasteiger partial charge in [0.1, 0.15) is 6.04 Å². The third-order valence-corrected chi connectivity index (χ3v) is 6.09. The SMILES string of the molecule is O=C(NC(C1CCCCC1)C(F)(F)F)N1C(=O)[C@H](Cc2cccc(Cl)c2)C1CO. The van der Waals surface area contributed by atoms with Gasteiger partial charge in [-0.1, -0.05) is 43.0 Å². The monoisotopic (exact) mass is 432 g/mol. The molecule has 160 valence electrons. The van der Waals surface area contributed by atoms with Crippen molar-refractivity contribution in [2.45, 2.75) is 56.8 Å². The van der Waals surface area contributed by atoms with Crippen molar-refractivity contribution in [2.24, 2.45) is 11.8 Å². The van der Waals surface area contributed by atoms with Crippen molar-refractivity contribution in [2.75, 3.05) is 6.61 Å². The number of imide groups is 1. The van der Waals surface area contributed by atoms with E-state index in [0.717, 1.165) is 16.9 Å². The predicted octanol–water partition coefficient (Wildman–Crippen LogP) is 3.92. The summed E-state index contributed by atoms with van der Waals surface area (Å²) in [5.41, 5.74) is 0.754. The number of benzene rings is 1. The maximum atomic E-state index is 13.5. The molecular formula is C20H24ClF3N2O3. The van der Waals surface area contributed by atoms with Gasteiger partial charge in [0.15, 0.2) is 0 Å². The highest BCUT2D eigenvalue weighted by atomic mass is 35.5. The van der Waals surface area contributed by atoms with Crippen LogP contribution in [0.5, 0.6) is 0 Å². The summed E-state index contributed by atoms with van der Waals surface area (Å²) >= 11 is 5.93. The molecule has 9 heteroatoms. The van der Waals surface area contributed by atoms with Gasteiger partial charge < -0.3 is 10.4 Å². The summed E-state index contributed by atoms with van der Waals surface area (Å²) in [6.45, 7) is -0.509. The lowest BCUT2D eigenvalue weighted by Gasteiger charge is -2.45. The van der Waals surface area contributed by atoms with Crippen molar-refractivity contribution in [3.05, 3.63) is 34.9 Å². The number of urea groups is 1. The molecule has 0 spiro atoms. The van der Waals surface area contributed by atoms with Gasteiger partial charge in [0.2, 0.25) is 5.91 Å². The minimum atomic E-state index is -4.60. The lowest BCUT2D eigenvalue weighted by atomic mass is 9.82. The average Bonchev–Trinajstić information content (AvgIpc) is 2.67. The van der Waals surface area contributed by atoms with Crippen molar-refractivity contribution in [1.29, 1.82) is 0 Å². The Labute approximate surface area is 172 Å². The Kier molecular flexibility index (Phi) is 6.73. The summed E-state index contributed by atoms with van der Waals surface area (Å²) in [4.78, 5) is 25.7. The van der Waals surface area contributed by atoms with Crippen LogP contribution in [0.2, 0.25) is 5.02 Å². The first kappa shape index (κ1) is 21.9. The normalized spacial score (nSPS) is 24.2. The zero-order chi connectivity index (χ0) is 21.2. The summed E-state index contributed by atoms with van der Waals surface area (Å²) in [6, 6.07) is 2.89. The third-order valence-electron chi connectivity index (χ3n) is 5.85. The fourth-order valence-electron chi connectivity index (χ4n) is 4.34. The number of nitrogens with zero attached hydrogens (tertiary/aromatic N) is 1. The van der Waals surface area contributed by atoms with E-state index in [0.29, 0.717) is 30.7 Å². The molecule has 5 nitrogen and oxygen atoms in total. The quantitative estimate of drug-likeness (QED) is 0.693. The highest BCUT2D eigenvalue weighted by Crippen LogP contribution is 2.36. The fourth-order valence-corrected chi connectivity index (χ4v) is 4.56. The molecule has 2 unspecified atom stereocenters. The molecule has 1 saturated heterocycles. The van der Waals surface area contributed by atoms with Crippen molar-refractivity contribution >= 4 is 23.5 Å². The van der Waals surface area contributed by atoms with Crippen LogP contribution in [-0.4, -0.2) is 46.8 Å². The zero-order valence-corrected chi connectivity index (χ0v) is 16.5. The van der Waals surface area contributed by atoms with Crippen LogP contribution in [0.4, 0.5) is 18.0 Å². The number of rotatable bonds is 5. The minimum Gasteiger partial charge on any atom is -0.394 e. The minimum absolute atomic E-state index is 0.250. The molecule has 1 heterocycles. The summed E-state index contributed by atoms with van der Waals surface area (Å²) in [5.74, 6) is -1.96. The molecule has 1 aromatic rings. The molecular weight excluding hydrogens is 409 g/mol. The number of alkyl halides is 3. The molecule has 2 aliphatic rings. The molecule has 0 aromatic heterocycles. The molecule has 2 N–H and O–H groups in total. The number of carbonyl (C=O) groups excluding carboxylic acids is 2. The fraction of sp³-hybridized carbons (Fsp3) is 0.600. The van der Waals surface area contributed by atoms with E-state index in [4.69, 9.17) is 11.6 Å². The van der Waals surface area contributed by atoms with Gasteiger partial charge in [0, 0.05) is 5.02 Å². The number of carbonyl (C=O) groups is 2. The van der Waals surface area contributed by atoms with Crippen molar-refractivity contribution in [3.63, 3.8) is 0 Å². The lowest BCUT2D eigenvalue weighted by molar-refractivity contribution is -0.170. The van der Waals surface area contributed by atoms with Gasteiger partial charge >= 0.3 is 12.2 Å². The zero-order valence-electron chi connectivity index (χ0n) is 15.8. The Morgan fingerprint density at radius 2 is 1.97 bits per heavy atom. The summed E-state index contributed by atoms with van der Waals surface area (Å²) < 4.78 is 40.6. The van der Waals surface area contributed by atoms with Crippen LogP contribution in [0, 0.1) is 11.8 Å². The maximum Gasteiger partial charge on any atom is 0.408 e. The van der Waals surface area contributed by atoms with Crippen LogP contribution in [-0.2, 0) is 11.2 Å². The van der Waals surface area contributed by atoms with E-state index in [1.807, 2.05) is 5.32 Å². The van der Waals surface area contributed by atoms with Gasteiger partial charge in [-0.2, -0.15) is 13.2 Å². The van der Waals surface area contributed by atoms with E-state index >= 15 is 0 Å². The number of hydrogen-bond acceptors (Lipinski definition) is 3. The van der Waals surface area contributed by atoms with Crippen LogP contribution in [0.15, 0.2) is 24.3 Å². The first-order chi connectivity index (χ1) is 13.7. The van der Waals surface area contributed by atoms with Gasteiger partial charge in [-0.05, 0) is 42.9 Å². The number of likely N-dealkylation sites (tertiary alicyclic amines) is 1.